The van der Waals surface area contributed by atoms with Crippen LogP contribution in [0, 0.1) is 0 Å². The molecule has 2 amide bonds. The van der Waals surface area contributed by atoms with Crippen LogP contribution in [0.4, 0.5) is 16.2 Å². The van der Waals surface area contributed by atoms with Gasteiger partial charge in [0, 0.05) is 11.4 Å². The Hall–Kier alpha value is -2.38. The minimum absolute atomic E-state index is 0.00517. The maximum Gasteiger partial charge on any atom is 0.323 e. The molecule has 0 aliphatic heterocycles. The number of amides is 2. The van der Waals surface area contributed by atoms with Crippen molar-refractivity contribution in [3.63, 3.8) is 0 Å². The number of carbonyl (C=O) groups excluding carboxylic acids is 1. The van der Waals surface area contributed by atoms with E-state index < -0.39 is 10.0 Å². The first kappa shape index (κ1) is 16.5. The van der Waals surface area contributed by atoms with Gasteiger partial charge in [-0.1, -0.05) is 12.1 Å². The van der Waals surface area contributed by atoms with Gasteiger partial charge in [0.15, 0.2) is 0 Å². The Kier molecular flexibility index (Phi) is 4.55. The van der Waals surface area contributed by atoms with Gasteiger partial charge in [0.05, 0.1) is 4.90 Å². The van der Waals surface area contributed by atoms with Gasteiger partial charge in [0.1, 0.15) is 0 Å². The maximum atomic E-state index is 12.2. The largest absolute Gasteiger partial charge is 0.323 e. The maximum absolute atomic E-state index is 12.2. The van der Waals surface area contributed by atoms with E-state index in [2.05, 4.69) is 16.7 Å². The third-order valence-electron chi connectivity index (χ3n) is 4.08. The molecule has 3 rings (SSSR count). The van der Waals surface area contributed by atoms with Crippen molar-refractivity contribution < 1.29 is 13.2 Å². The third-order valence-corrected chi connectivity index (χ3v) is 5.01. The van der Waals surface area contributed by atoms with Crippen LogP contribution in [0.2, 0.25) is 0 Å². The predicted molar refractivity (Wildman–Crippen MR) is 93.5 cm³/mol. The van der Waals surface area contributed by atoms with Crippen LogP contribution in [-0.4, -0.2) is 14.4 Å². The van der Waals surface area contributed by atoms with Gasteiger partial charge < -0.3 is 10.6 Å². The zero-order valence-corrected chi connectivity index (χ0v) is 13.9. The van der Waals surface area contributed by atoms with Gasteiger partial charge in [-0.15, -0.1) is 0 Å². The highest BCUT2D eigenvalue weighted by Crippen LogP contribution is 2.28. The highest BCUT2D eigenvalue weighted by molar-refractivity contribution is 7.89. The number of nitrogens with two attached hydrogens (primary N) is 1. The van der Waals surface area contributed by atoms with E-state index in [0.29, 0.717) is 5.69 Å². The van der Waals surface area contributed by atoms with Crippen LogP contribution in [0.5, 0.6) is 0 Å². The number of anilines is 2. The lowest BCUT2D eigenvalue weighted by atomic mass is 9.90. The second-order valence-electron chi connectivity index (χ2n) is 5.80. The van der Waals surface area contributed by atoms with Gasteiger partial charge >= 0.3 is 6.03 Å². The number of hydrogen-bond donors (Lipinski definition) is 3. The molecule has 4 N–H and O–H groups in total. The van der Waals surface area contributed by atoms with Gasteiger partial charge in [0.2, 0.25) is 10.0 Å². The highest BCUT2D eigenvalue weighted by Gasteiger charge is 2.14. The number of aryl methyl sites for hydroxylation is 1. The van der Waals surface area contributed by atoms with Crippen molar-refractivity contribution >= 4 is 27.4 Å². The first-order chi connectivity index (χ1) is 11.4. The Morgan fingerprint density at radius 1 is 0.958 bits per heavy atom. The summed E-state index contributed by atoms with van der Waals surface area (Å²) in [7, 11) is -3.74. The molecule has 0 bridgehead atoms. The lowest BCUT2D eigenvalue weighted by molar-refractivity contribution is 0.262. The van der Waals surface area contributed by atoms with Crippen molar-refractivity contribution in [1.82, 2.24) is 0 Å². The number of rotatable bonds is 3. The summed E-state index contributed by atoms with van der Waals surface area (Å²) in [5.41, 5.74) is 3.80. The Bertz CT molecular complexity index is 861. The molecule has 1 aliphatic carbocycles. The van der Waals surface area contributed by atoms with Gasteiger partial charge in [-0.05, 0) is 67.1 Å². The number of hydrogen-bond acceptors (Lipinski definition) is 3. The molecular formula is C17H19N3O3S. The monoisotopic (exact) mass is 345 g/mol. The minimum atomic E-state index is -3.74. The van der Waals surface area contributed by atoms with Crippen molar-refractivity contribution in [2.45, 2.75) is 30.6 Å². The average molecular weight is 345 g/mol. The quantitative estimate of drug-likeness (QED) is 0.797. The smallest absolute Gasteiger partial charge is 0.308 e. The zero-order valence-electron chi connectivity index (χ0n) is 13.1. The fraction of sp³-hybridized carbons (Fsp3) is 0.235. The molecule has 6 nitrogen and oxygen atoms in total. The van der Waals surface area contributed by atoms with Crippen molar-refractivity contribution in [3.8, 4) is 0 Å². The molecule has 0 saturated carbocycles. The fourth-order valence-electron chi connectivity index (χ4n) is 2.91. The van der Waals surface area contributed by atoms with Gasteiger partial charge in [-0.2, -0.15) is 0 Å². The van der Waals surface area contributed by atoms with Gasteiger partial charge in [-0.25, -0.2) is 18.4 Å². The molecule has 2 aromatic carbocycles. The standard InChI is InChI=1S/C17H19N3O3S/c18-24(22,23)14-10-8-13(9-11-14)19-17(21)20-16-7-3-5-12-4-1-2-6-15(12)16/h3,5,7-11H,1-2,4,6H2,(H2,18,22,23)(H2,19,20,21). The topological polar surface area (TPSA) is 101 Å². The number of nitrogens with one attached hydrogen (secondary N) is 2. The number of carbonyl (C=O) groups is 1. The number of primary sulfonamides is 1. The van der Waals surface area contributed by atoms with Crippen LogP contribution in [0.3, 0.4) is 0 Å². The van der Waals surface area contributed by atoms with Crippen LogP contribution >= 0.6 is 0 Å². The van der Waals surface area contributed by atoms with Crippen molar-refractivity contribution in [2.24, 2.45) is 5.14 Å². The molecule has 0 saturated heterocycles. The van der Waals surface area contributed by atoms with Crippen LogP contribution in [-0.2, 0) is 22.9 Å². The molecule has 0 unspecified atom stereocenters. The molecule has 0 aromatic heterocycles. The Balaban J connectivity index is 1.70. The van der Waals surface area contributed by atoms with Crippen molar-refractivity contribution in [3.05, 3.63) is 53.6 Å². The highest BCUT2D eigenvalue weighted by atomic mass is 32.2. The van der Waals surface area contributed by atoms with Crippen LogP contribution in [0.1, 0.15) is 24.0 Å². The summed E-state index contributed by atoms with van der Waals surface area (Å²) >= 11 is 0. The molecule has 126 valence electrons. The number of urea groups is 1. The van der Waals surface area contributed by atoms with E-state index in [-0.39, 0.29) is 10.9 Å². The SMILES string of the molecule is NS(=O)(=O)c1ccc(NC(=O)Nc2cccc3c2CCCC3)cc1. The van der Waals surface area contributed by atoms with E-state index in [1.165, 1.54) is 41.8 Å². The molecule has 24 heavy (non-hydrogen) atoms. The fourth-order valence-corrected chi connectivity index (χ4v) is 3.43. The summed E-state index contributed by atoms with van der Waals surface area (Å²) < 4.78 is 22.4. The van der Waals surface area contributed by atoms with E-state index in [0.717, 1.165) is 24.9 Å². The summed E-state index contributed by atoms with van der Waals surface area (Å²) in [4.78, 5) is 12.2. The zero-order chi connectivity index (χ0) is 17.2. The van der Waals surface area contributed by atoms with Crippen LogP contribution in [0.15, 0.2) is 47.4 Å². The predicted octanol–water partition coefficient (Wildman–Crippen LogP) is 2.86. The second-order valence-corrected chi connectivity index (χ2v) is 7.36. The van der Waals surface area contributed by atoms with Gasteiger partial charge in [0.25, 0.3) is 0 Å². The van der Waals surface area contributed by atoms with Crippen LogP contribution in [0.25, 0.3) is 0 Å². The molecule has 0 spiro atoms. The first-order valence-electron chi connectivity index (χ1n) is 7.75. The second kappa shape index (κ2) is 6.62. The molecule has 0 heterocycles. The minimum Gasteiger partial charge on any atom is -0.308 e. The van der Waals surface area contributed by atoms with Gasteiger partial charge in [-0.3, -0.25) is 0 Å². The normalized spacial score (nSPS) is 13.9. The average Bonchev–Trinajstić information content (AvgIpc) is 2.55. The lowest BCUT2D eigenvalue weighted by Gasteiger charge is -2.19. The molecule has 0 fully saturated rings. The summed E-state index contributed by atoms with van der Waals surface area (Å²) in [6.07, 6.45) is 4.32. The summed E-state index contributed by atoms with van der Waals surface area (Å²) in [6.45, 7) is 0. The molecule has 7 heteroatoms. The third kappa shape index (κ3) is 3.74. The Morgan fingerprint density at radius 3 is 2.38 bits per heavy atom. The summed E-state index contributed by atoms with van der Waals surface area (Å²) in [6, 6.07) is 11.3. The van der Waals surface area contributed by atoms with Crippen molar-refractivity contribution in [2.75, 3.05) is 10.6 Å². The van der Waals surface area contributed by atoms with E-state index in [1.807, 2.05) is 12.1 Å². The van der Waals surface area contributed by atoms with E-state index in [4.69, 9.17) is 5.14 Å². The molecular weight excluding hydrogens is 326 g/mol. The molecule has 2 aromatic rings. The lowest BCUT2D eigenvalue weighted by Crippen LogP contribution is -2.21. The summed E-state index contributed by atoms with van der Waals surface area (Å²) in [5.74, 6) is 0. The Labute approximate surface area is 141 Å². The van der Waals surface area contributed by atoms with E-state index >= 15 is 0 Å². The van der Waals surface area contributed by atoms with E-state index in [1.54, 1.807) is 0 Å². The number of sulfonamides is 1. The molecule has 0 atom stereocenters. The van der Waals surface area contributed by atoms with E-state index in [9.17, 15) is 13.2 Å². The summed E-state index contributed by atoms with van der Waals surface area (Å²) in [5, 5.41) is 10.6. The number of benzene rings is 2. The molecule has 0 radical (unpaired) electrons. The molecule has 1 aliphatic rings. The van der Waals surface area contributed by atoms with Crippen molar-refractivity contribution in [1.29, 1.82) is 0 Å². The Morgan fingerprint density at radius 2 is 1.67 bits per heavy atom. The number of fused-ring (bicyclic) bond motifs is 1. The first-order valence-corrected chi connectivity index (χ1v) is 9.30. The van der Waals surface area contributed by atoms with Crippen LogP contribution < -0.4 is 15.8 Å².